The van der Waals surface area contributed by atoms with E-state index < -0.39 is 42.4 Å². The summed E-state index contributed by atoms with van der Waals surface area (Å²) in [4.78, 5) is 44.2. The van der Waals surface area contributed by atoms with Crippen molar-refractivity contribution in [3.63, 3.8) is 0 Å². The van der Waals surface area contributed by atoms with Crippen LogP contribution in [0.1, 0.15) is 26.7 Å². The van der Waals surface area contributed by atoms with Crippen molar-refractivity contribution in [1.82, 2.24) is 10.6 Å². The molecule has 2 unspecified atom stereocenters. The molecule has 6 N–H and O–H groups in total. The van der Waals surface area contributed by atoms with Crippen molar-refractivity contribution in [2.45, 2.75) is 38.8 Å². The standard InChI is InChI=1S/C11H19N3O6/c1-3-5(2)8(14-11(12)20)9(17)13-6(10(18)19)4-7(15)16/h5-6,8H,3-4H2,1-2H3,(H,13,17)(H,15,16)(H,18,19)(H3,12,14,20)/t5?,6-,8?/m1/s1. The zero-order chi connectivity index (χ0) is 15.9. The van der Waals surface area contributed by atoms with E-state index in [1.165, 1.54) is 0 Å². The zero-order valence-electron chi connectivity index (χ0n) is 11.3. The molecule has 0 aliphatic rings. The average Bonchev–Trinajstić information content (AvgIpc) is 2.33. The second kappa shape index (κ2) is 7.97. The van der Waals surface area contributed by atoms with Crippen molar-refractivity contribution in [2.24, 2.45) is 11.7 Å². The number of carboxylic acid groups (broad SMARTS) is 2. The molecule has 9 heteroatoms. The van der Waals surface area contributed by atoms with Gasteiger partial charge in [0.05, 0.1) is 6.42 Å². The minimum absolute atomic E-state index is 0.290. The molecule has 0 aromatic heterocycles. The third kappa shape index (κ3) is 6.03. The normalized spacial score (nSPS) is 14.7. The zero-order valence-corrected chi connectivity index (χ0v) is 11.3. The first-order valence-corrected chi connectivity index (χ1v) is 5.99. The van der Waals surface area contributed by atoms with Crippen LogP contribution in [0.3, 0.4) is 0 Å². The summed E-state index contributed by atoms with van der Waals surface area (Å²) < 4.78 is 0. The molecule has 0 saturated heterocycles. The number of primary amides is 1. The van der Waals surface area contributed by atoms with E-state index in [1.807, 2.05) is 0 Å². The first kappa shape index (κ1) is 17.7. The molecule has 3 atom stereocenters. The molecule has 9 nitrogen and oxygen atoms in total. The molecular formula is C11H19N3O6. The quantitative estimate of drug-likeness (QED) is 0.390. The number of carbonyl (C=O) groups excluding carboxylic acids is 2. The minimum Gasteiger partial charge on any atom is -0.481 e. The second-order valence-electron chi connectivity index (χ2n) is 4.37. The van der Waals surface area contributed by atoms with Crippen LogP contribution in [-0.2, 0) is 14.4 Å². The van der Waals surface area contributed by atoms with Crippen molar-refractivity contribution in [2.75, 3.05) is 0 Å². The fourth-order valence-corrected chi connectivity index (χ4v) is 1.49. The Morgan fingerprint density at radius 3 is 2.05 bits per heavy atom. The highest BCUT2D eigenvalue weighted by molar-refractivity contribution is 5.91. The number of aliphatic carboxylic acids is 2. The van der Waals surface area contributed by atoms with Gasteiger partial charge in [0.1, 0.15) is 12.1 Å². The van der Waals surface area contributed by atoms with Crippen LogP contribution in [0.25, 0.3) is 0 Å². The number of carbonyl (C=O) groups is 4. The summed E-state index contributed by atoms with van der Waals surface area (Å²) in [5.74, 6) is -3.91. The molecule has 0 fully saturated rings. The van der Waals surface area contributed by atoms with E-state index in [4.69, 9.17) is 15.9 Å². The number of urea groups is 1. The van der Waals surface area contributed by atoms with Crippen LogP contribution < -0.4 is 16.4 Å². The minimum atomic E-state index is -1.57. The third-order valence-corrected chi connectivity index (χ3v) is 2.79. The Bertz CT molecular complexity index is 398. The third-order valence-electron chi connectivity index (χ3n) is 2.79. The smallest absolute Gasteiger partial charge is 0.326 e. The van der Waals surface area contributed by atoms with Crippen LogP contribution in [0.5, 0.6) is 0 Å². The molecule has 0 bridgehead atoms. The summed E-state index contributed by atoms with van der Waals surface area (Å²) in [5, 5.41) is 21.7. The second-order valence-corrected chi connectivity index (χ2v) is 4.37. The first-order valence-electron chi connectivity index (χ1n) is 5.99. The maximum atomic E-state index is 11.9. The van der Waals surface area contributed by atoms with E-state index in [-0.39, 0.29) is 5.92 Å². The lowest BCUT2D eigenvalue weighted by atomic mass is 9.98. The molecule has 0 aliphatic carbocycles. The molecule has 3 amide bonds. The van der Waals surface area contributed by atoms with E-state index in [9.17, 15) is 19.2 Å². The summed E-state index contributed by atoms with van der Waals surface area (Å²) in [6.07, 6.45) is -0.222. The predicted octanol–water partition coefficient (Wildman–Crippen LogP) is -0.886. The molecule has 20 heavy (non-hydrogen) atoms. The fraction of sp³-hybridized carbons (Fsp3) is 0.636. The van der Waals surface area contributed by atoms with Gasteiger partial charge >= 0.3 is 18.0 Å². The lowest BCUT2D eigenvalue weighted by Crippen LogP contribution is -2.55. The Hall–Kier alpha value is -2.32. The topological polar surface area (TPSA) is 159 Å². The van der Waals surface area contributed by atoms with Crippen molar-refractivity contribution < 1.29 is 29.4 Å². The lowest BCUT2D eigenvalue weighted by molar-refractivity contribution is -0.147. The van der Waals surface area contributed by atoms with Gasteiger partial charge < -0.3 is 26.6 Å². The molecule has 0 radical (unpaired) electrons. The number of amides is 3. The average molecular weight is 289 g/mol. The van der Waals surface area contributed by atoms with E-state index in [1.54, 1.807) is 13.8 Å². The summed E-state index contributed by atoms with van der Waals surface area (Å²) in [6, 6.07) is -3.51. The Morgan fingerprint density at radius 1 is 1.15 bits per heavy atom. The SMILES string of the molecule is CCC(C)C(NC(N)=O)C(=O)N[C@H](CC(=O)O)C(=O)O. The van der Waals surface area contributed by atoms with Gasteiger partial charge in [0.2, 0.25) is 5.91 Å². The summed E-state index contributed by atoms with van der Waals surface area (Å²) in [5.41, 5.74) is 4.95. The molecule has 0 rings (SSSR count). The number of hydrogen-bond acceptors (Lipinski definition) is 4. The molecule has 0 spiro atoms. The van der Waals surface area contributed by atoms with Crippen LogP contribution in [0.2, 0.25) is 0 Å². The Balaban J connectivity index is 4.91. The summed E-state index contributed by atoms with van der Waals surface area (Å²) in [6.45, 7) is 3.45. The van der Waals surface area contributed by atoms with Crippen LogP contribution in [0.4, 0.5) is 4.79 Å². The van der Waals surface area contributed by atoms with E-state index in [2.05, 4.69) is 10.6 Å². The van der Waals surface area contributed by atoms with Gasteiger partial charge in [0, 0.05) is 0 Å². The van der Waals surface area contributed by atoms with Crippen molar-refractivity contribution >= 4 is 23.9 Å². The highest BCUT2D eigenvalue weighted by Gasteiger charge is 2.30. The van der Waals surface area contributed by atoms with Crippen LogP contribution in [0.15, 0.2) is 0 Å². The Kier molecular flexibility index (Phi) is 7.05. The number of carboxylic acids is 2. The van der Waals surface area contributed by atoms with Crippen LogP contribution in [0, 0.1) is 5.92 Å². The van der Waals surface area contributed by atoms with Crippen molar-refractivity contribution in [3.05, 3.63) is 0 Å². The summed E-state index contributed by atoms with van der Waals surface area (Å²) in [7, 11) is 0. The monoisotopic (exact) mass is 289 g/mol. The molecule has 0 saturated carbocycles. The van der Waals surface area contributed by atoms with Gasteiger partial charge in [-0.15, -0.1) is 0 Å². The fourth-order valence-electron chi connectivity index (χ4n) is 1.49. The molecule has 114 valence electrons. The number of nitrogens with one attached hydrogen (secondary N) is 2. The Morgan fingerprint density at radius 2 is 1.70 bits per heavy atom. The largest absolute Gasteiger partial charge is 0.481 e. The van der Waals surface area contributed by atoms with Gasteiger partial charge in [0.25, 0.3) is 0 Å². The maximum Gasteiger partial charge on any atom is 0.326 e. The lowest BCUT2D eigenvalue weighted by Gasteiger charge is -2.24. The molecule has 0 aromatic carbocycles. The van der Waals surface area contributed by atoms with Gasteiger partial charge in [-0.25, -0.2) is 9.59 Å². The highest BCUT2D eigenvalue weighted by Crippen LogP contribution is 2.08. The van der Waals surface area contributed by atoms with Crippen LogP contribution in [-0.4, -0.2) is 46.2 Å². The summed E-state index contributed by atoms with van der Waals surface area (Å²) >= 11 is 0. The van der Waals surface area contributed by atoms with Crippen molar-refractivity contribution in [3.8, 4) is 0 Å². The predicted molar refractivity (Wildman–Crippen MR) is 67.8 cm³/mol. The van der Waals surface area contributed by atoms with Gasteiger partial charge in [-0.05, 0) is 5.92 Å². The maximum absolute atomic E-state index is 11.9. The van der Waals surface area contributed by atoms with Gasteiger partial charge in [0.15, 0.2) is 0 Å². The van der Waals surface area contributed by atoms with Crippen molar-refractivity contribution in [1.29, 1.82) is 0 Å². The first-order chi connectivity index (χ1) is 9.18. The van der Waals surface area contributed by atoms with E-state index in [0.717, 1.165) is 0 Å². The molecular weight excluding hydrogens is 270 g/mol. The number of hydrogen-bond donors (Lipinski definition) is 5. The van der Waals surface area contributed by atoms with Gasteiger partial charge in [-0.3, -0.25) is 9.59 Å². The van der Waals surface area contributed by atoms with Crippen LogP contribution >= 0.6 is 0 Å². The number of rotatable bonds is 8. The Labute approximate surface area is 115 Å². The van der Waals surface area contributed by atoms with E-state index >= 15 is 0 Å². The molecule has 0 aliphatic heterocycles. The van der Waals surface area contributed by atoms with Gasteiger partial charge in [-0.2, -0.15) is 0 Å². The molecule has 0 heterocycles. The molecule has 0 aromatic rings. The van der Waals surface area contributed by atoms with E-state index in [0.29, 0.717) is 6.42 Å². The number of nitrogens with two attached hydrogens (primary N) is 1. The van der Waals surface area contributed by atoms with Gasteiger partial charge in [-0.1, -0.05) is 20.3 Å². The highest BCUT2D eigenvalue weighted by atomic mass is 16.4.